The van der Waals surface area contributed by atoms with Gasteiger partial charge in [0.1, 0.15) is 11.6 Å². The smallest absolute Gasteiger partial charge is 0.406 e. The molecule has 1 saturated heterocycles. The van der Waals surface area contributed by atoms with Crippen molar-refractivity contribution in [1.29, 1.82) is 0 Å². The second-order valence-corrected chi connectivity index (χ2v) is 8.85. The number of carbonyl (C=O) groups is 1. The molecule has 0 spiro atoms. The van der Waals surface area contributed by atoms with Gasteiger partial charge in [0.05, 0.1) is 10.6 Å². The minimum Gasteiger partial charge on any atom is -0.406 e. The Balaban J connectivity index is 1.48. The first-order chi connectivity index (χ1) is 15.5. The van der Waals surface area contributed by atoms with Crippen LogP contribution in [0.2, 0.25) is 0 Å². The zero-order valence-electron chi connectivity index (χ0n) is 17.0. The summed E-state index contributed by atoms with van der Waals surface area (Å²) in [5.74, 6) is -1.45. The molecule has 33 heavy (non-hydrogen) atoms. The van der Waals surface area contributed by atoms with Gasteiger partial charge in [-0.1, -0.05) is 5.16 Å². The number of anilines is 1. The zero-order chi connectivity index (χ0) is 24.1. The molecule has 178 valence electrons. The third-order valence-electron chi connectivity index (χ3n) is 4.51. The lowest BCUT2D eigenvalue weighted by atomic mass is 10.1. The second kappa shape index (κ2) is 10.2. The molecule has 0 unspecified atom stereocenters. The standard InChI is InChI=1S/C20H19F4N3O5S/c21-14-1-3-15(4-2-14)25-19(28)13-31-26-16-9-11-27(12-10-16)33(29,30)18-7-5-17(6-8-18)32-20(22,23)24/h1-8H,9-13H2,(H,25,28). The quantitative estimate of drug-likeness (QED) is 0.474. The molecule has 1 heterocycles. The number of amides is 1. The number of halogens is 4. The molecular weight excluding hydrogens is 470 g/mol. The third-order valence-corrected chi connectivity index (χ3v) is 6.42. The van der Waals surface area contributed by atoms with Crippen molar-refractivity contribution in [2.45, 2.75) is 24.1 Å². The number of hydrogen-bond donors (Lipinski definition) is 1. The summed E-state index contributed by atoms with van der Waals surface area (Å²) < 4.78 is 79.9. The van der Waals surface area contributed by atoms with Crippen LogP contribution >= 0.6 is 0 Å². The predicted molar refractivity (Wildman–Crippen MR) is 110 cm³/mol. The number of nitrogens with zero attached hydrogens (tertiary/aromatic N) is 2. The maximum absolute atomic E-state index is 12.9. The van der Waals surface area contributed by atoms with Gasteiger partial charge in [-0.2, -0.15) is 4.31 Å². The molecule has 1 fully saturated rings. The van der Waals surface area contributed by atoms with E-state index >= 15 is 0 Å². The van der Waals surface area contributed by atoms with Gasteiger partial charge in [-0.25, -0.2) is 12.8 Å². The van der Waals surface area contributed by atoms with Gasteiger partial charge >= 0.3 is 6.36 Å². The number of carbonyl (C=O) groups excluding carboxylic acids is 1. The third kappa shape index (κ3) is 7.15. The molecule has 2 aromatic carbocycles. The zero-order valence-corrected chi connectivity index (χ0v) is 17.8. The van der Waals surface area contributed by atoms with Crippen LogP contribution in [-0.4, -0.2) is 50.4 Å². The Morgan fingerprint density at radius 3 is 2.21 bits per heavy atom. The summed E-state index contributed by atoms with van der Waals surface area (Å²) in [6.07, 6.45) is -4.35. The molecule has 3 rings (SSSR count). The van der Waals surface area contributed by atoms with Crippen molar-refractivity contribution >= 4 is 27.3 Å². The van der Waals surface area contributed by atoms with Crippen molar-refractivity contribution < 1.29 is 40.3 Å². The molecule has 0 bridgehead atoms. The molecule has 1 aliphatic rings. The first kappa shape index (κ1) is 24.5. The lowest BCUT2D eigenvalue weighted by Crippen LogP contribution is -2.38. The van der Waals surface area contributed by atoms with Crippen molar-refractivity contribution in [3.63, 3.8) is 0 Å². The van der Waals surface area contributed by atoms with E-state index in [1.807, 2.05) is 0 Å². The van der Waals surface area contributed by atoms with Crippen molar-refractivity contribution in [3.8, 4) is 5.75 Å². The van der Waals surface area contributed by atoms with Crippen LogP contribution in [0.1, 0.15) is 12.8 Å². The number of alkyl halides is 3. The molecule has 1 aliphatic heterocycles. The first-order valence-electron chi connectivity index (χ1n) is 9.62. The number of benzene rings is 2. The van der Waals surface area contributed by atoms with E-state index in [1.54, 1.807) is 0 Å². The lowest BCUT2D eigenvalue weighted by molar-refractivity contribution is -0.274. The molecule has 0 aliphatic carbocycles. The monoisotopic (exact) mass is 489 g/mol. The van der Waals surface area contributed by atoms with Crippen LogP contribution in [-0.2, 0) is 19.7 Å². The molecule has 1 N–H and O–H groups in total. The van der Waals surface area contributed by atoms with Gasteiger partial charge in [0, 0.05) is 31.6 Å². The van der Waals surface area contributed by atoms with Gasteiger partial charge in [-0.05, 0) is 48.5 Å². The fourth-order valence-electron chi connectivity index (χ4n) is 2.95. The van der Waals surface area contributed by atoms with Crippen LogP contribution in [0.15, 0.2) is 58.6 Å². The Kier molecular flexibility index (Phi) is 7.53. The summed E-state index contributed by atoms with van der Waals surface area (Å²) in [5.41, 5.74) is 0.958. The Morgan fingerprint density at radius 1 is 1.03 bits per heavy atom. The fraction of sp³-hybridized carbons (Fsp3) is 0.300. The fourth-order valence-corrected chi connectivity index (χ4v) is 4.39. The lowest BCUT2D eigenvalue weighted by Gasteiger charge is -2.26. The van der Waals surface area contributed by atoms with Crippen LogP contribution in [0.25, 0.3) is 0 Å². The van der Waals surface area contributed by atoms with Gasteiger partial charge in [0.25, 0.3) is 5.91 Å². The van der Waals surface area contributed by atoms with Crippen molar-refractivity contribution in [2.24, 2.45) is 5.16 Å². The van der Waals surface area contributed by atoms with Crippen molar-refractivity contribution in [1.82, 2.24) is 4.31 Å². The minimum absolute atomic E-state index is 0.0904. The number of hydrogen-bond acceptors (Lipinski definition) is 6. The van der Waals surface area contributed by atoms with Crippen LogP contribution in [0.5, 0.6) is 5.75 Å². The average molecular weight is 489 g/mol. The highest BCUT2D eigenvalue weighted by atomic mass is 32.2. The highest BCUT2D eigenvalue weighted by Crippen LogP contribution is 2.26. The highest BCUT2D eigenvalue weighted by Gasteiger charge is 2.32. The Labute approximate surface area is 186 Å². The Bertz CT molecular complexity index is 1090. The van der Waals surface area contributed by atoms with E-state index < -0.39 is 33.9 Å². The average Bonchev–Trinajstić information content (AvgIpc) is 2.75. The van der Waals surface area contributed by atoms with Gasteiger partial charge in [0.2, 0.25) is 10.0 Å². The van der Waals surface area contributed by atoms with E-state index in [0.717, 1.165) is 24.3 Å². The van der Waals surface area contributed by atoms with E-state index in [1.165, 1.54) is 28.6 Å². The molecule has 2 aromatic rings. The number of rotatable bonds is 7. The maximum atomic E-state index is 12.9. The molecular formula is C20H19F4N3O5S. The summed E-state index contributed by atoms with van der Waals surface area (Å²) in [5, 5.41) is 6.37. The van der Waals surface area contributed by atoms with Gasteiger partial charge in [0.15, 0.2) is 6.61 Å². The molecule has 0 aromatic heterocycles. The summed E-state index contributed by atoms with van der Waals surface area (Å²) >= 11 is 0. The van der Waals surface area contributed by atoms with E-state index in [4.69, 9.17) is 4.84 Å². The van der Waals surface area contributed by atoms with Crippen LogP contribution in [0.3, 0.4) is 0 Å². The molecule has 0 saturated carbocycles. The number of sulfonamides is 1. The van der Waals surface area contributed by atoms with E-state index in [9.17, 15) is 30.8 Å². The van der Waals surface area contributed by atoms with Gasteiger partial charge < -0.3 is 14.9 Å². The molecule has 13 heteroatoms. The number of oxime groups is 1. The van der Waals surface area contributed by atoms with Gasteiger partial charge in [-0.15, -0.1) is 13.2 Å². The topological polar surface area (TPSA) is 97.3 Å². The maximum Gasteiger partial charge on any atom is 0.573 e. The van der Waals surface area contributed by atoms with E-state index in [-0.39, 0.29) is 37.4 Å². The summed E-state index contributed by atoms with van der Waals surface area (Å²) in [4.78, 5) is 16.7. The van der Waals surface area contributed by atoms with Crippen LogP contribution in [0, 0.1) is 5.82 Å². The molecule has 0 radical (unpaired) electrons. The molecule has 1 amide bonds. The normalized spacial score (nSPS) is 15.1. The largest absolute Gasteiger partial charge is 0.573 e. The van der Waals surface area contributed by atoms with Gasteiger partial charge in [-0.3, -0.25) is 4.79 Å². The van der Waals surface area contributed by atoms with E-state index in [0.29, 0.717) is 11.4 Å². The second-order valence-electron chi connectivity index (χ2n) is 6.91. The number of nitrogens with one attached hydrogen (secondary N) is 1. The number of piperidine rings is 1. The Morgan fingerprint density at radius 2 is 1.64 bits per heavy atom. The highest BCUT2D eigenvalue weighted by molar-refractivity contribution is 7.89. The number of ether oxygens (including phenoxy) is 1. The predicted octanol–water partition coefficient (Wildman–Crippen LogP) is 3.52. The summed E-state index contributed by atoms with van der Waals surface area (Å²) in [7, 11) is -3.91. The summed E-state index contributed by atoms with van der Waals surface area (Å²) in [6.45, 7) is -0.199. The van der Waals surface area contributed by atoms with E-state index in [2.05, 4.69) is 15.2 Å². The minimum atomic E-state index is -4.87. The van der Waals surface area contributed by atoms with Crippen LogP contribution < -0.4 is 10.1 Å². The first-order valence-corrected chi connectivity index (χ1v) is 11.1. The van der Waals surface area contributed by atoms with Crippen LogP contribution in [0.4, 0.5) is 23.2 Å². The van der Waals surface area contributed by atoms with Crippen molar-refractivity contribution in [3.05, 3.63) is 54.3 Å². The summed E-state index contributed by atoms with van der Waals surface area (Å²) in [6, 6.07) is 9.14. The Hall–Kier alpha value is -3.19. The SMILES string of the molecule is O=C(CON=C1CCN(S(=O)(=O)c2ccc(OC(F)(F)F)cc2)CC1)Nc1ccc(F)cc1. The molecule has 0 atom stereocenters. The molecule has 8 nitrogen and oxygen atoms in total. The van der Waals surface area contributed by atoms with Crippen molar-refractivity contribution in [2.75, 3.05) is 25.0 Å².